The van der Waals surface area contributed by atoms with Gasteiger partial charge in [0.1, 0.15) is 0 Å². The monoisotopic (exact) mass is 348 g/mol. The zero-order valence-electron chi connectivity index (χ0n) is 15.6. The molecular weight excluding hydrogens is 320 g/mol. The Morgan fingerprint density at radius 3 is 2.85 bits per heavy atom. The predicted octanol–water partition coefficient (Wildman–Crippen LogP) is 4.05. The van der Waals surface area contributed by atoms with Crippen LogP contribution in [0.4, 0.5) is 0 Å². The van der Waals surface area contributed by atoms with Crippen molar-refractivity contribution in [2.45, 2.75) is 38.9 Å². The topological polar surface area (TPSA) is 35.2 Å². The van der Waals surface area contributed by atoms with Crippen molar-refractivity contribution < 1.29 is 0 Å². The van der Waals surface area contributed by atoms with E-state index < -0.39 is 0 Å². The average Bonchev–Trinajstić information content (AvgIpc) is 3.09. The number of likely N-dealkylation sites (tertiary alicyclic amines) is 1. The van der Waals surface area contributed by atoms with Gasteiger partial charge in [-0.3, -0.25) is 14.8 Å². The summed E-state index contributed by atoms with van der Waals surface area (Å²) in [4.78, 5) is 12.9. The molecule has 1 aliphatic heterocycles. The lowest BCUT2D eigenvalue weighted by Gasteiger charge is -2.39. The van der Waals surface area contributed by atoms with Crippen molar-refractivity contribution in [2.24, 2.45) is 0 Å². The van der Waals surface area contributed by atoms with Gasteiger partial charge in [-0.15, -0.1) is 0 Å². The summed E-state index contributed by atoms with van der Waals surface area (Å²) >= 11 is 0. The van der Waals surface area contributed by atoms with Crippen LogP contribution < -0.4 is 0 Å². The van der Waals surface area contributed by atoms with Crippen LogP contribution in [0.5, 0.6) is 0 Å². The highest BCUT2D eigenvalue weighted by Crippen LogP contribution is 2.21. The number of piperidine rings is 1. The molecule has 1 atom stereocenters. The molecule has 26 heavy (non-hydrogen) atoms. The fraction of sp³-hybridized carbons (Fsp3) is 0.409. The Labute approximate surface area is 155 Å². The molecule has 0 spiro atoms. The second kappa shape index (κ2) is 8.02. The van der Waals surface area contributed by atoms with Gasteiger partial charge in [0.2, 0.25) is 0 Å². The summed E-state index contributed by atoms with van der Waals surface area (Å²) in [5.41, 5.74) is 3.92. The number of aromatic amines is 1. The van der Waals surface area contributed by atoms with Gasteiger partial charge in [-0.1, -0.05) is 25.1 Å². The van der Waals surface area contributed by atoms with Gasteiger partial charge < -0.3 is 4.98 Å². The molecule has 1 fully saturated rings. The summed E-state index contributed by atoms with van der Waals surface area (Å²) < 4.78 is 0. The SMILES string of the molecule is CCN(Cc1ccncc1)C1CCCN(Cc2cc3ccccc3[nH]2)C1. The Morgan fingerprint density at radius 2 is 2.04 bits per heavy atom. The van der Waals surface area contributed by atoms with Crippen LogP contribution in [0.1, 0.15) is 31.0 Å². The Morgan fingerprint density at radius 1 is 1.19 bits per heavy atom. The molecule has 4 nitrogen and oxygen atoms in total. The predicted molar refractivity (Wildman–Crippen MR) is 107 cm³/mol. The molecule has 4 rings (SSSR count). The van der Waals surface area contributed by atoms with E-state index in [4.69, 9.17) is 0 Å². The Balaban J connectivity index is 1.41. The molecule has 0 radical (unpaired) electrons. The molecule has 0 aliphatic carbocycles. The van der Waals surface area contributed by atoms with E-state index in [0.29, 0.717) is 6.04 Å². The molecule has 0 saturated carbocycles. The fourth-order valence-corrected chi connectivity index (χ4v) is 4.15. The number of aromatic nitrogens is 2. The van der Waals surface area contributed by atoms with Gasteiger partial charge in [0, 0.05) is 49.3 Å². The molecule has 4 heteroatoms. The smallest absolute Gasteiger partial charge is 0.0456 e. The van der Waals surface area contributed by atoms with E-state index in [1.807, 2.05) is 12.4 Å². The number of hydrogen-bond donors (Lipinski definition) is 1. The van der Waals surface area contributed by atoms with E-state index in [9.17, 15) is 0 Å². The Kier molecular flexibility index (Phi) is 5.32. The van der Waals surface area contributed by atoms with Crippen LogP contribution >= 0.6 is 0 Å². The Bertz CT molecular complexity index is 793. The lowest BCUT2D eigenvalue weighted by molar-refractivity contribution is 0.0912. The molecule has 2 aromatic heterocycles. The fourth-order valence-electron chi connectivity index (χ4n) is 4.15. The lowest BCUT2D eigenvalue weighted by atomic mass is 10.0. The van der Waals surface area contributed by atoms with Gasteiger partial charge in [0.25, 0.3) is 0 Å². The lowest BCUT2D eigenvalue weighted by Crippen LogP contribution is -2.47. The summed E-state index contributed by atoms with van der Waals surface area (Å²) in [7, 11) is 0. The third-order valence-electron chi connectivity index (χ3n) is 5.52. The number of hydrogen-bond acceptors (Lipinski definition) is 3. The van der Waals surface area contributed by atoms with E-state index in [2.05, 4.69) is 69.2 Å². The Hall–Kier alpha value is -2.17. The molecule has 1 N–H and O–H groups in total. The standard InChI is InChI=1S/C22H28N4/c1-2-26(15-18-9-11-23-12-10-18)21-7-5-13-25(17-21)16-20-14-19-6-3-4-8-22(19)24-20/h3-4,6,8-12,14,21,24H,2,5,7,13,15-17H2,1H3. The molecular formula is C22H28N4. The van der Waals surface area contributed by atoms with Crippen LogP contribution in [0.3, 0.4) is 0 Å². The molecule has 1 aliphatic rings. The van der Waals surface area contributed by atoms with Gasteiger partial charge in [-0.25, -0.2) is 0 Å². The molecule has 136 valence electrons. The van der Waals surface area contributed by atoms with Crippen molar-refractivity contribution >= 4 is 10.9 Å². The zero-order chi connectivity index (χ0) is 17.8. The van der Waals surface area contributed by atoms with Crippen LogP contribution in [0.25, 0.3) is 10.9 Å². The number of H-pyrrole nitrogens is 1. The molecule has 0 amide bonds. The van der Waals surface area contributed by atoms with Crippen LogP contribution in [0.2, 0.25) is 0 Å². The highest BCUT2D eigenvalue weighted by molar-refractivity contribution is 5.80. The van der Waals surface area contributed by atoms with E-state index in [1.54, 1.807) is 0 Å². The first kappa shape index (κ1) is 17.3. The van der Waals surface area contributed by atoms with Crippen molar-refractivity contribution in [3.63, 3.8) is 0 Å². The number of fused-ring (bicyclic) bond motifs is 1. The van der Waals surface area contributed by atoms with E-state index >= 15 is 0 Å². The minimum atomic E-state index is 0.631. The van der Waals surface area contributed by atoms with E-state index in [-0.39, 0.29) is 0 Å². The number of rotatable bonds is 6. The maximum absolute atomic E-state index is 4.14. The summed E-state index contributed by atoms with van der Waals surface area (Å²) in [5.74, 6) is 0. The number of benzene rings is 1. The summed E-state index contributed by atoms with van der Waals surface area (Å²) in [6, 6.07) is 15.7. The summed E-state index contributed by atoms with van der Waals surface area (Å²) in [6.07, 6.45) is 6.36. The number of pyridine rings is 1. The minimum Gasteiger partial charge on any atom is -0.357 e. The van der Waals surface area contributed by atoms with Crippen molar-refractivity contribution in [3.05, 3.63) is 66.1 Å². The first-order valence-corrected chi connectivity index (χ1v) is 9.74. The number of para-hydroxylation sites is 1. The first-order chi connectivity index (χ1) is 12.8. The molecule has 3 heterocycles. The van der Waals surface area contributed by atoms with Crippen LogP contribution in [-0.4, -0.2) is 45.4 Å². The maximum atomic E-state index is 4.14. The van der Waals surface area contributed by atoms with Crippen molar-refractivity contribution in [1.29, 1.82) is 0 Å². The summed E-state index contributed by atoms with van der Waals surface area (Å²) in [6.45, 7) is 7.74. The van der Waals surface area contributed by atoms with Gasteiger partial charge in [-0.2, -0.15) is 0 Å². The highest BCUT2D eigenvalue weighted by Gasteiger charge is 2.24. The number of nitrogens with zero attached hydrogens (tertiary/aromatic N) is 3. The van der Waals surface area contributed by atoms with E-state index in [0.717, 1.165) is 26.2 Å². The van der Waals surface area contributed by atoms with Gasteiger partial charge >= 0.3 is 0 Å². The maximum Gasteiger partial charge on any atom is 0.0456 e. The van der Waals surface area contributed by atoms with Crippen LogP contribution in [0.15, 0.2) is 54.9 Å². The second-order valence-corrected chi connectivity index (χ2v) is 7.33. The third-order valence-corrected chi connectivity index (χ3v) is 5.52. The van der Waals surface area contributed by atoms with Gasteiger partial charge in [-0.05, 0) is 61.1 Å². The average molecular weight is 348 g/mol. The molecule has 3 aromatic rings. The quantitative estimate of drug-likeness (QED) is 0.730. The molecule has 1 saturated heterocycles. The highest BCUT2D eigenvalue weighted by atomic mass is 15.2. The van der Waals surface area contributed by atoms with Crippen LogP contribution in [0, 0.1) is 0 Å². The van der Waals surface area contributed by atoms with Gasteiger partial charge in [0.15, 0.2) is 0 Å². The second-order valence-electron chi connectivity index (χ2n) is 7.33. The number of nitrogens with one attached hydrogen (secondary N) is 1. The number of likely N-dealkylation sites (N-methyl/N-ethyl adjacent to an activating group) is 1. The largest absolute Gasteiger partial charge is 0.357 e. The third kappa shape index (κ3) is 3.97. The zero-order valence-corrected chi connectivity index (χ0v) is 15.6. The van der Waals surface area contributed by atoms with E-state index in [1.165, 1.54) is 41.5 Å². The van der Waals surface area contributed by atoms with Crippen molar-refractivity contribution in [1.82, 2.24) is 19.8 Å². The minimum absolute atomic E-state index is 0.631. The van der Waals surface area contributed by atoms with Crippen molar-refractivity contribution in [2.75, 3.05) is 19.6 Å². The first-order valence-electron chi connectivity index (χ1n) is 9.74. The molecule has 0 bridgehead atoms. The molecule has 1 unspecified atom stereocenters. The molecule has 1 aromatic carbocycles. The van der Waals surface area contributed by atoms with Crippen molar-refractivity contribution in [3.8, 4) is 0 Å². The van der Waals surface area contributed by atoms with Crippen LogP contribution in [-0.2, 0) is 13.1 Å². The summed E-state index contributed by atoms with van der Waals surface area (Å²) in [5, 5.41) is 1.31. The van der Waals surface area contributed by atoms with Gasteiger partial charge in [0.05, 0.1) is 0 Å². The normalized spacial score (nSPS) is 18.6.